The zero-order valence-electron chi connectivity index (χ0n) is 17.1. The van der Waals surface area contributed by atoms with Crippen LogP contribution in [0.25, 0.3) is 4.91 Å². The summed E-state index contributed by atoms with van der Waals surface area (Å²) in [5.41, 5.74) is 8.77. The van der Waals surface area contributed by atoms with Crippen LogP contribution in [0.4, 0.5) is 0 Å². The molecule has 2 nitrogen and oxygen atoms in total. The molecule has 1 aliphatic carbocycles. The third kappa shape index (κ3) is 4.21. The van der Waals surface area contributed by atoms with E-state index in [1.54, 1.807) is 11.8 Å². The lowest BCUT2D eigenvalue weighted by Crippen LogP contribution is -2.41. The summed E-state index contributed by atoms with van der Waals surface area (Å²) in [6.45, 7) is 0.873. The molecule has 3 aliphatic rings. The number of thioether (sulfide) groups is 3. The van der Waals surface area contributed by atoms with Gasteiger partial charge in [-0.15, -0.1) is 23.5 Å². The van der Waals surface area contributed by atoms with Gasteiger partial charge in [-0.2, -0.15) is 0 Å². The van der Waals surface area contributed by atoms with Gasteiger partial charge in [-0.05, 0) is 29.9 Å². The summed E-state index contributed by atoms with van der Waals surface area (Å²) in [6.07, 6.45) is 7.84. The molecule has 2 aromatic carbocycles. The normalized spacial score (nSPS) is 31.0. The topological polar surface area (TPSA) is 38.4 Å². The van der Waals surface area contributed by atoms with Crippen LogP contribution in [0.15, 0.2) is 71.7 Å². The number of benzene rings is 2. The van der Waals surface area contributed by atoms with Crippen LogP contribution in [0.3, 0.4) is 0 Å². The van der Waals surface area contributed by atoms with Crippen LogP contribution in [0.5, 0.6) is 0 Å². The molecule has 5 heteroatoms. The van der Waals surface area contributed by atoms with Gasteiger partial charge in [0.2, 0.25) is 0 Å². The van der Waals surface area contributed by atoms with E-state index >= 15 is 0 Å². The van der Waals surface area contributed by atoms with Crippen molar-refractivity contribution < 1.29 is 0 Å². The molecule has 0 radical (unpaired) electrons. The smallest absolute Gasteiger partial charge is 0.154 e. The van der Waals surface area contributed by atoms with Crippen LogP contribution < -0.4 is 5.73 Å². The number of aliphatic imine (C=N–C) groups is 1. The van der Waals surface area contributed by atoms with Crippen molar-refractivity contribution in [2.75, 3.05) is 12.3 Å². The van der Waals surface area contributed by atoms with Crippen molar-refractivity contribution in [1.82, 2.24) is 0 Å². The Morgan fingerprint density at radius 3 is 2.53 bits per heavy atom. The standard InChI is InChI=1S/C25H28N2S3/c26-24-27-16-20(29-24)17-28-25-14-8-7-13-22(25)21(18-9-3-1-4-10-18)15-23(30-25)19-11-5-2-6-12-19/h1-6,9-12,15,20-22H,7-8,13-14,16-17H2,(H2,26,27). The Labute approximate surface area is 192 Å². The molecule has 0 bridgehead atoms. The molecular formula is C25H28N2S3. The number of nitrogens with two attached hydrogens (primary N) is 1. The molecule has 4 unspecified atom stereocenters. The van der Waals surface area contributed by atoms with Gasteiger partial charge in [-0.1, -0.05) is 91.3 Å². The molecule has 2 N–H and O–H groups in total. The molecule has 2 heterocycles. The molecular weight excluding hydrogens is 424 g/mol. The Bertz CT molecular complexity index is 928. The van der Waals surface area contributed by atoms with Gasteiger partial charge in [0.1, 0.15) is 0 Å². The minimum Gasteiger partial charge on any atom is -0.379 e. The molecule has 1 saturated carbocycles. The second kappa shape index (κ2) is 9.05. The van der Waals surface area contributed by atoms with Crippen LogP contribution in [-0.2, 0) is 0 Å². The number of rotatable bonds is 5. The largest absolute Gasteiger partial charge is 0.379 e. The van der Waals surface area contributed by atoms with Gasteiger partial charge in [-0.3, -0.25) is 4.99 Å². The van der Waals surface area contributed by atoms with Crippen molar-refractivity contribution in [3.63, 3.8) is 0 Å². The van der Waals surface area contributed by atoms with Crippen molar-refractivity contribution in [2.45, 2.75) is 40.9 Å². The molecule has 0 saturated heterocycles. The Morgan fingerprint density at radius 2 is 1.80 bits per heavy atom. The lowest BCUT2D eigenvalue weighted by Gasteiger charge is -2.50. The predicted octanol–water partition coefficient (Wildman–Crippen LogP) is 6.61. The highest BCUT2D eigenvalue weighted by Gasteiger charge is 2.49. The minimum absolute atomic E-state index is 0.233. The maximum atomic E-state index is 5.95. The van der Waals surface area contributed by atoms with Gasteiger partial charge >= 0.3 is 0 Å². The first kappa shape index (κ1) is 20.6. The molecule has 1 fully saturated rings. The molecule has 0 amide bonds. The minimum atomic E-state index is 0.233. The first-order valence-electron chi connectivity index (χ1n) is 10.9. The van der Waals surface area contributed by atoms with E-state index in [9.17, 15) is 0 Å². The highest BCUT2D eigenvalue weighted by atomic mass is 32.2. The Morgan fingerprint density at radius 1 is 1.03 bits per heavy atom. The first-order chi connectivity index (χ1) is 14.7. The SMILES string of the molecule is NC1=NCC(CSC23CCCCC2C(c2ccccc2)C=C(c2ccccc2)S3)S1. The molecule has 30 heavy (non-hydrogen) atoms. The van der Waals surface area contributed by atoms with E-state index in [2.05, 4.69) is 95.3 Å². The molecule has 5 rings (SSSR count). The number of hydrogen-bond acceptors (Lipinski definition) is 5. The Kier molecular flexibility index (Phi) is 6.22. The van der Waals surface area contributed by atoms with Crippen molar-refractivity contribution >= 4 is 45.4 Å². The van der Waals surface area contributed by atoms with Gasteiger partial charge in [0.05, 0.1) is 10.6 Å². The van der Waals surface area contributed by atoms with Crippen LogP contribution >= 0.6 is 35.3 Å². The number of hydrogen-bond donors (Lipinski definition) is 1. The molecule has 0 spiro atoms. The third-order valence-electron chi connectivity index (χ3n) is 6.40. The summed E-state index contributed by atoms with van der Waals surface area (Å²) < 4.78 is 0.233. The van der Waals surface area contributed by atoms with E-state index in [0.717, 1.165) is 17.5 Å². The van der Waals surface area contributed by atoms with E-state index in [4.69, 9.17) is 5.73 Å². The molecule has 2 aliphatic heterocycles. The van der Waals surface area contributed by atoms with E-state index in [1.807, 2.05) is 0 Å². The highest BCUT2D eigenvalue weighted by Crippen LogP contribution is 2.63. The highest BCUT2D eigenvalue weighted by molar-refractivity contribution is 8.23. The molecule has 156 valence electrons. The predicted molar refractivity (Wildman–Crippen MR) is 136 cm³/mol. The van der Waals surface area contributed by atoms with Gasteiger partial charge in [-0.25, -0.2) is 0 Å². The maximum absolute atomic E-state index is 5.95. The van der Waals surface area contributed by atoms with Gasteiger partial charge in [0.25, 0.3) is 0 Å². The van der Waals surface area contributed by atoms with E-state index in [0.29, 0.717) is 17.1 Å². The second-order valence-electron chi connectivity index (χ2n) is 8.33. The average Bonchev–Trinajstić information content (AvgIpc) is 3.23. The fourth-order valence-corrected chi connectivity index (χ4v) is 9.62. The zero-order chi connectivity index (χ0) is 20.4. The Hall–Kier alpha value is -1.30. The van der Waals surface area contributed by atoms with Crippen LogP contribution in [0.2, 0.25) is 0 Å². The number of allylic oxidation sites excluding steroid dienone is 1. The van der Waals surface area contributed by atoms with E-state index < -0.39 is 0 Å². The van der Waals surface area contributed by atoms with Crippen molar-refractivity contribution in [3.8, 4) is 0 Å². The van der Waals surface area contributed by atoms with Crippen LogP contribution in [-0.4, -0.2) is 26.8 Å². The van der Waals surface area contributed by atoms with Gasteiger partial charge < -0.3 is 5.73 Å². The maximum Gasteiger partial charge on any atom is 0.154 e. The van der Waals surface area contributed by atoms with Crippen LogP contribution in [0, 0.1) is 5.92 Å². The van der Waals surface area contributed by atoms with Crippen LogP contribution in [0.1, 0.15) is 42.7 Å². The zero-order valence-corrected chi connectivity index (χ0v) is 19.5. The summed E-state index contributed by atoms with van der Waals surface area (Å²) in [4.78, 5) is 5.88. The lowest BCUT2D eigenvalue weighted by atomic mass is 9.75. The third-order valence-corrected chi connectivity index (χ3v) is 11.2. The van der Waals surface area contributed by atoms with Gasteiger partial charge in [0, 0.05) is 21.8 Å². The molecule has 0 aromatic heterocycles. The summed E-state index contributed by atoms with van der Waals surface area (Å²) in [6, 6.07) is 22.1. The summed E-state index contributed by atoms with van der Waals surface area (Å²) in [7, 11) is 0. The number of amidine groups is 1. The fourth-order valence-electron chi connectivity index (χ4n) is 4.95. The fraction of sp³-hybridized carbons (Fsp3) is 0.400. The van der Waals surface area contributed by atoms with Crippen molar-refractivity contribution in [3.05, 3.63) is 77.9 Å². The monoisotopic (exact) mass is 452 g/mol. The number of nitrogens with zero attached hydrogens (tertiary/aromatic N) is 1. The second-order valence-corrected chi connectivity index (χ2v) is 12.6. The summed E-state index contributed by atoms with van der Waals surface area (Å²) >= 11 is 6.11. The summed E-state index contributed by atoms with van der Waals surface area (Å²) in [5.74, 6) is 2.27. The quantitative estimate of drug-likeness (QED) is 0.554. The van der Waals surface area contributed by atoms with Crippen molar-refractivity contribution in [1.29, 1.82) is 0 Å². The van der Waals surface area contributed by atoms with Gasteiger partial charge in [0.15, 0.2) is 5.17 Å². The molecule has 4 atom stereocenters. The molecule has 2 aromatic rings. The van der Waals surface area contributed by atoms with E-state index in [-0.39, 0.29) is 4.08 Å². The van der Waals surface area contributed by atoms with E-state index in [1.165, 1.54) is 41.7 Å². The summed E-state index contributed by atoms with van der Waals surface area (Å²) in [5, 5.41) is 1.29. The average molecular weight is 453 g/mol. The lowest BCUT2D eigenvalue weighted by molar-refractivity contribution is 0.320. The van der Waals surface area contributed by atoms with Crippen molar-refractivity contribution in [2.24, 2.45) is 16.6 Å². The number of fused-ring (bicyclic) bond motifs is 1. The Balaban J connectivity index is 1.50. The first-order valence-corrected chi connectivity index (χ1v) is 13.5.